The maximum atomic E-state index is 4.62. The van der Waals surface area contributed by atoms with Crippen molar-refractivity contribution in [1.29, 1.82) is 0 Å². The molecule has 0 saturated carbocycles. The third kappa shape index (κ3) is 2.66. The Morgan fingerprint density at radius 1 is 1.45 bits per heavy atom. The Labute approximate surface area is 122 Å². The molecule has 2 aromatic heterocycles. The molecule has 1 atom stereocenters. The van der Waals surface area contributed by atoms with E-state index in [0.717, 1.165) is 54.8 Å². The second kappa shape index (κ2) is 5.84. The molecule has 8 heteroatoms. The van der Waals surface area contributed by atoms with Crippen LogP contribution in [0.3, 0.4) is 0 Å². The fraction of sp³-hybridized carbons (Fsp3) is 0.667. The van der Waals surface area contributed by atoms with Crippen molar-refractivity contribution in [3.05, 3.63) is 5.69 Å². The molecule has 1 aliphatic rings. The number of aromatic amines is 1. The van der Waals surface area contributed by atoms with E-state index in [1.54, 1.807) is 0 Å². The van der Waals surface area contributed by atoms with Gasteiger partial charge in [0, 0.05) is 25.7 Å². The summed E-state index contributed by atoms with van der Waals surface area (Å²) in [6, 6.07) is 0.464. The topological polar surface area (TPSA) is 82.6 Å². The van der Waals surface area contributed by atoms with Crippen molar-refractivity contribution < 1.29 is 0 Å². The quantitative estimate of drug-likeness (QED) is 0.877. The van der Waals surface area contributed by atoms with Gasteiger partial charge >= 0.3 is 0 Å². The van der Waals surface area contributed by atoms with Gasteiger partial charge in [-0.1, -0.05) is 17.8 Å². The predicted molar refractivity (Wildman–Crippen MR) is 79.0 cm³/mol. The lowest BCUT2D eigenvalue weighted by Crippen LogP contribution is -2.49. The van der Waals surface area contributed by atoms with E-state index < -0.39 is 0 Å². The summed E-state index contributed by atoms with van der Waals surface area (Å²) in [5.41, 5.74) is 1.01. The summed E-state index contributed by atoms with van der Waals surface area (Å²) in [4.78, 5) is 7.83. The first kappa shape index (κ1) is 13.4. The first-order valence-electron chi connectivity index (χ1n) is 7.00. The van der Waals surface area contributed by atoms with Gasteiger partial charge in [-0.2, -0.15) is 4.98 Å². The van der Waals surface area contributed by atoms with Crippen molar-refractivity contribution in [2.75, 3.05) is 24.5 Å². The number of anilines is 1. The summed E-state index contributed by atoms with van der Waals surface area (Å²) in [6.45, 7) is 7.14. The second-order valence-electron chi connectivity index (χ2n) is 5.08. The minimum absolute atomic E-state index is 0.464. The molecule has 2 N–H and O–H groups in total. The lowest BCUT2D eigenvalue weighted by Gasteiger charge is -2.30. The number of piperazine rings is 1. The third-order valence-corrected chi connectivity index (χ3v) is 4.16. The van der Waals surface area contributed by atoms with Gasteiger partial charge in [0.1, 0.15) is 4.88 Å². The van der Waals surface area contributed by atoms with Crippen LogP contribution < -0.4 is 10.2 Å². The molecule has 2 aromatic rings. The average Bonchev–Trinajstić information content (AvgIpc) is 3.07. The van der Waals surface area contributed by atoms with Crippen molar-refractivity contribution in [2.45, 2.75) is 32.7 Å². The number of aromatic nitrogens is 5. The summed E-state index contributed by atoms with van der Waals surface area (Å²) < 4.78 is 4.03. The zero-order valence-electron chi connectivity index (χ0n) is 11.8. The molecule has 0 radical (unpaired) electrons. The molecule has 1 aliphatic heterocycles. The molecule has 0 aromatic carbocycles. The van der Waals surface area contributed by atoms with Crippen LogP contribution in [0.5, 0.6) is 0 Å². The number of H-pyrrole nitrogens is 1. The molecular weight excluding hydrogens is 274 g/mol. The highest BCUT2D eigenvalue weighted by atomic mass is 32.1. The number of nitrogens with zero attached hydrogens (tertiary/aromatic N) is 5. The second-order valence-corrected chi connectivity index (χ2v) is 5.84. The van der Waals surface area contributed by atoms with Crippen molar-refractivity contribution >= 4 is 17.5 Å². The lowest BCUT2D eigenvalue weighted by atomic mass is 10.2. The van der Waals surface area contributed by atoms with Crippen LogP contribution in [0.1, 0.15) is 26.0 Å². The minimum atomic E-state index is 0.464. The van der Waals surface area contributed by atoms with E-state index in [4.69, 9.17) is 0 Å². The molecule has 3 rings (SSSR count). The van der Waals surface area contributed by atoms with E-state index in [1.807, 2.05) is 0 Å². The van der Waals surface area contributed by atoms with E-state index in [9.17, 15) is 0 Å². The van der Waals surface area contributed by atoms with E-state index in [0.29, 0.717) is 6.04 Å². The van der Waals surface area contributed by atoms with Crippen LogP contribution in [0, 0.1) is 0 Å². The SMILES string of the molecule is CCCc1nnsc1-c1nc(N2CCN[C@@H](C)C2)n[nH]1. The molecule has 108 valence electrons. The first-order valence-corrected chi connectivity index (χ1v) is 7.77. The summed E-state index contributed by atoms with van der Waals surface area (Å²) in [7, 11) is 0. The van der Waals surface area contributed by atoms with Gasteiger partial charge in [0.2, 0.25) is 5.95 Å². The monoisotopic (exact) mass is 293 g/mol. The van der Waals surface area contributed by atoms with Gasteiger partial charge in [0.25, 0.3) is 0 Å². The van der Waals surface area contributed by atoms with Crippen LogP contribution in [0.4, 0.5) is 5.95 Å². The summed E-state index contributed by atoms with van der Waals surface area (Å²) >= 11 is 1.38. The Balaban J connectivity index is 1.81. The number of rotatable bonds is 4. The van der Waals surface area contributed by atoms with Gasteiger partial charge in [-0.15, -0.1) is 10.2 Å². The molecule has 20 heavy (non-hydrogen) atoms. The zero-order valence-corrected chi connectivity index (χ0v) is 12.6. The fourth-order valence-corrected chi connectivity index (χ4v) is 3.05. The summed E-state index contributed by atoms with van der Waals surface area (Å²) in [6.07, 6.45) is 1.97. The number of nitrogens with one attached hydrogen (secondary N) is 2. The van der Waals surface area contributed by atoms with Crippen molar-refractivity contribution in [3.63, 3.8) is 0 Å². The average molecular weight is 293 g/mol. The van der Waals surface area contributed by atoms with E-state index >= 15 is 0 Å². The molecule has 7 nitrogen and oxygen atoms in total. The molecule has 0 unspecified atom stereocenters. The Hall–Kier alpha value is -1.54. The summed E-state index contributed by atoms with van der Waals surface area (Å²) in [5, 5.41) is 15.0. The number of hydrogen-bond donors (Lipinski definition) is 2. The Morgan fingerprint density at radius 3 is 3.15 bits per heavy atom. The number of hydrogen-bond acceptors (Lipinski definition) is 7. The Bertz CT molecular complexity index is 564. The molecule has 3 heterocycles. The lowest BCUT2D eigenvalue weighted by molar-refractivity contribution is 0.480. The molecular formula is C12H19N7S. The maximum absolute atomic E-state index is 4.62. The molecule has 0 bridgehead atoms. The Morgan fingerprint density at radius 2 is 2.35 bits per heavy atom. The van der Waals surface area contributed by atoms with Gasteiger partial charge in [-0.3, -0.25) is 5.10 Å². The van der Waals surface area contributed by atoms with Gasteiger partial charge in [0.15, 0.2) is 5.82 Å². The van der Waals surface area contributed by atoms with Gasteiger partial charge in [-0.05, 0) is 24.9 Å². The van der Waals surface area contributed by atoms with E-state index in [-0.39, 0.29) is 0 Å². The van der Waals surface area contributed by atoms with E-state index in [1.165, 1.54) is 11.5 Å². The van der Waals surface area contributed by atoms with Crippen molar-refractivity contribution in [1.82, 2.24) is 30.1 Å². The third-order valence-electron chi connectivity index (χ3n) is 3.38. The molecule has 1 fully saturated rings. The molecule has 0 aliphatic carbocycles. The van der Waals surface area contributed by atoms with Crippen molar-refractivity contribution in [2.24, 2.45) is 0 Å². The normalized spacial score (nSPS) is 19.5. The molecule has 1 saturated heterocycles. The predicted octanol–water partition coefficient (Wildman–Crippen LogP) is 1.07. The highest BCUT2D eigenvalue weighted by Gasteiger charge is 2.21. The van der Waals surface area contributed by atoms with E-state index in [2.05, 4.69) is 48.8 Å². The maximum Gasteiger partial charge on any atom is 0.245 e. The van der Waals surface area contributed by atoms with Crippen LogP contribution in [0.15, 0.2) is 0 Å². The van der Waals surface area contributed by atoms with Crippen LogP contribution in [0.25, 0.3) is 10.7 Å². The Kier molecular flexibility index (Phi) is 3.93. The largest absolute Gasteiger partial charge is 0.337 e. The van der Waals surface area contributed by atoms with Crippen molar-refractivity contribution in [3.8, 4) is 10.7 Å². The zero-order chi connectivity index (χ0) is 13.9. The highest BCUT2D eigenvalue weighted by Crippen LogP contribution is 2.25. The number of aryl methyl sites for hydroxylation is 1. The standard InChI is InChI=1S/C12H19N7S/c1-3-4-9-10(20-18-15-9)11-14-12(17-16-11)19-6-5-13-8(2)7-19/h8,13H,3-7H2,1-2H3,(H,14,16,17)/t8-/m0/s1. The summed E-state index contributed by atoms with van der Waals surface area (Å²) in [5.74, 6) is 1.55. The van der Waals surface area contributed by atoms with Gasteiger partial charge < -0.3 is 10.2 Å². The van der Waals surface area contributed by atoms with Crippen LogP contribution in [-0.4, -0.2) is 50.4 Å². The smallest absolute Gasteiger partial charge is 0.245 e. The van der Waals surface area contributed by atoms with Crippen LogP contribution >= 0.6 is 11.5 Å². The van der Waals surface area contributed by atoms with Crippen LogP contribution in [0.2, 0.25) is 0 Å². The van der Waals surface area contributed by atoms with Gasteiger partial charge in [0.05, 0.1) is 5.69 Å². The highest BCUT2D eigenvalue weighted by molar-refractivity contribution is 7.09. The minimum Gasteiger partial charge on any atom is -0.337 e. The van der Waals surface area contributed by atoms with Crippen LogP contribution in [-0.2, 0) is 6.42 Å². The molecule has 0 spiro atoms. The first-order chi connectivity index (χ1) is 9.78. The molecule has 0 amide bonds. The fourth-order valence-electron chi connectivity index (χ4n) is 2.40. The van der Waals surface area contributed by atoms with Gasteiger partial charge in [-0.25, -0.2) is 0 Å².